The third kappa shape index (κ3) is 3.57. The number of anilines is 1. The fourth-order valence-electron chi connectivity index (χ4n) is 2.51. The third-order valence-electron chi connectivity index (χ3n) is 3.81. The van der Waals surface area contributed by atoms with Gasteiger partial charge in [-0.2, -0.15) is 5.26 Å². The van der Waals surface area contributed by atoms with Crippen molar-refractivity contribution < 1.29 is 9.53 Å². The van der Waals surface area contributed by atoms with Crippen molar-refractivity contribution in [2.45, 2.75) is 13.0 Å². The predicted molar refractivity (Wildman–Crippen MR) is 98.8 cm³/mol. The van der Waals surface area contributed by atoms with Crippen molar-refractivity contribution >= 4 is 34.0 Å². The van der Waals surface area contributed by atoms with Gasteiger partial charge >= 0.3 is 0 Å². The van der Waals surface area contributed by atoms with Gasteiger partial charge in [0, 0.05) is 15.8 Å². The van der Waals surface area contributed by atoms with Crippen LogP contribution in [-0.4, -0.2) is 12.0 Å². The molecule has 0 heterocycles. The minimum absolute atomic E-state index is 0.332. The van der Waals surface area contributed by atoms with Gasteiger partial charge in [0.1, 0.15) is 11.8 Å². The van der Waals surface area contributed by atoms with Gasteiger partial charge in [-0.3, -0.25) is 4.79 Å². The Balaban J connectivity index is 1.81. The van der Waals surface area contributed by atoms with Crippen molar-refractivity contribution in [3.05, 3.63) is 71.2 Å². The number of para-hydroxylation sites is 1. The first-order valence-corrected chi connectivity index (χ1v) is 8.12. The van der Waals surface area contributed by atoms with E-state index in [0.29, 0.717) is 22.0 Å². The second-order valence-electron chi connectivity index (χ2n) is 5.50. The maximum atomic E-state index is 12.4. The normalized spacial score (nSPS) is 11.6. The fourth-order valence-corrected chi connectivity index (χ4v) is 2.73. The monoisotopic (exact) mass is 350 g/mol. The van der Waals surface area contributed by atoms with E-state index in [-0.39, 0.29) is 5.91 Å². The lowest BCUT2D eigenvalue weighted by atomic mass is 10.1. The molecule has 0 spiro atoms. The lowest BCUT2D eigenvalue weighted by Gasteiger charge is -2.17. The van der Waals surface area contributed by atoms with Gasteiger partial charge in [-0.15, -0.1) is 0 Å². The van der Waals surface area contributed by atoms with E-state index in [4.69, 9.17) is 21.6 Å². The molecule has 0 aliphatic rings. The van der Waals surface area contributed by atoms with Crippen molar-refractivity contribution in [2.75, 3.05) is 5.32 Å². The molecule has 0 saturated heterocycles. The van der Waals surface area contributed by atoms with Crippen LogP contribution in [0.25, 0.3) is 10.8 Å². The first-order chi connectivity index (χ1) is 12.1. The summed E-state index contributed by atoms with van der Waals surface area (Å²) < 4.78 is 5.84. The average Bonchev–Trinajstić information content (AvgIpc) is 2.64. The fraction of sp³-hybridized carbons (Fsp3) is 0.100. The molecular weight excluding hydrogens is 336 g/mol. The number of nitrogens with one attached hydrogen (secondary N) is 1. The van der Waals surface area contributed by atoms with E-state index >= 15 is 0 Å². The Bertz CT molecular complexity index is 979. The van der Waals surface area contributed by atoms with E-state index in [9.17, 15) is 4.79 Å². The van der Waals surface area contributed by atoms with Crippen LogP contribution < -0.4 is 10.1 Å². The zero-order valence-electron chi connectivity index (χ0n) is 13.5. The molecule has 4 nitrogen and oxygen atoms in total. The Morgan fingerprint density at radius 3 is 2.52 bits per heavy atom. The number of benzene rings is 3. The number of amides is 1. The maximum Gasteiger partial charge on any atom is 0.265 e. The summed E-state index contributed by atoms with van der Waals surface area (Å²) in [7, 11) is 0. The van der Waals surface area contributed by atoms with Gasteiger partial charge in [0.2, 0.25) is 0 Å². The van der Waals surface area contributed by atoms with E-state index in [1.54, 1.807) is 43.3 Å². The van der Waals surface area contributed by atoms with Gasteiger partial charge in [0.25, 0.3) is 5.91 Å². The van der Waals surface area contributed by atoms with Gasteiger partial charge in [0.05, 0.1) is 11.3 Å². The molecule has 0 aromatic heterocycles. The Morgan fingerprint density at radius 1 is 1.08 bits per heavy atom. The molecule has 0 bridgehead atoms. The summed E-state index contributed by atoms with van der Waals surface area (Å²) in [5.41, 5.74) is 0.867. The molecule has 25 heavy (non-hydrogen) atoms. The van der Waals surface area contributed by atoms with E-state index in [0.717, 1.165) is 10.8 Å². The number of fused-ring (bicyclic) bond motifs is 1. The summed E-state index contributed by atoms with van der Waals surface area (Å²) in [4.78, 5) is 12.4. The number of ether oxygens (including phenoxy) is 1. The molecular formula is C20H15ClN2O2. The van der Waals surface area contributed by atoms with Crippen LogP contribution >= 0.6 is 11.6 Å². The Morgan fingerprint density at radius 2 is 1.76 bits per heavy atom. The Labute approximate surface area is 150 Å². The van der Waals surface area contributed by atoms with Gasteiger partial charge < -0.3 is 10.1 Å². The maximum absolute atomic E-state index is 12.4. The second-order valence-corrected chi connectivity index (χ2v) is 5.91. The highest BCUT2D eigenvalue weighted by atomic mass is 35.5. The van der Waals surface area contributed by atoms with Crippen LogP contribution in [0, 0.1) is 11.3 Å². The molecule has 0 aliphatic heterocycles. The van der Waals surface area contributed by atoms with Crippen LogP contribution in [0.5, 0.6) is 5.75 Å². The molecule has 0 saturated carbocycles. The topological polar surface area (TPSA) is 62.1 Å². The van der Waals surface area contributed by atoms with Crippen LogP contribution in [-0.2, 0) is 4.79 Å². The molecule has 1 N–H and O–H groups in total. The molecule has 124 valence electrons. The van der Waals surface area contributed by atoms with Gasteiger partial charge in [-0.05, 0) is 31.2 Å². The molecule has 3 aromatic rings. The summed E-state index contributed by atoms with van der Waals surface area (Å²) in [6, 6.07) is 20.0. The van der Waals surface area contributed by atoms with Crippen LogP contribution in [0.3, 0.4) is 0 Å². The molecule has 0 unspecified atom stereocenters. The smallest absolute Gasteiger partial charge is 0.265 e. The first-order valence-electron chi connectivity index (χ1n) is 7.74. The Kier molecular flexibility index (Phi) is 4.87. The number of halogens is 1. The molecule has 0 radical (unpaired) electrons. The molecule has 0 fully saturated rings. The molecule has 3 rings (SSSR count). The van der Waals surface area contributed by atoms with Crippen LogP contribution in [0.1, 0.15) is 12.5 Å². The summed E-state index contributed by atoms with van der Waals surface area (Å²) in [5.74, 6) is 0.248. The average molecular weight is 351 g/mol. The summed E-state index contributed by atoms with van der Waals surface area (Å²) in [5, 5.41) is 14.2. The molecule has 1 atom stereocenters. The SMILES string of the molecule is C[C@H](Oc1ccc(Cl)c2ccccc12)C(=O)Nc1ccccc1C#N. The zero-order valence-corrected chi connectivity index (χ0v) is 14.2. The van der Waals surface area contributed by atoms with Crippen molar-refractivity contribution in [3.8, 4) is 11.8 Å². The minimum Gasteiger partial charge on any atom is -0.480 e. The van der Waals surface area contributed by atoms with Crippen molar-refractivity contribution in [2.24, 2.45) is 0 Å². The number of rotatable bonds is 4. The van der Waals surface area contributed by atoms with E-state index in [1.807, 2.05) is 30.3 Å². The molecule has 0 aliphatic carbocycles. The highest BCUT2D eigenvalue weighted by Crippen LogP contribution is 2.31. The first kappa shape index (κ1) is 16.8. The number of nitriles is 1. The molecule has 5 heteroatoms. The number of hydrogen-bond donors (Lipinski definition) is 1. The lowest BCUT2D eigenvalue weighted by molar-refractivity contribution is -0.122. The number of carbonyl (C=O) groups excluding carboxylic acids is 1. The van der Waals surface area contributed by atoms with Crippen molar-refractivity contribution in [1.29, 1.82) is 5.26 Å². The highest BCUT2D eigenvalue weighted by molar-refractivity contribution is 6.35. The number of hydrogen-bond acceptors (Lipinski definition) is 3. The van der Waals surface area contributed by atoms with Crippen LogP contribution in [0.2, 0.25) is 5.02 Å². The molecule has 3 aromatic carbocycles. The van der Waals surface area contributed by atoms with Crippen LogP contribution in [0.4, 0.5) is 5.69 Å². The second kappa shape index (κ2) is 7.25. The van der Waals surface area contributed by atoms with Gasteiger partial charge in [0.15, 0.2) is 6.10 Å². The number of nitrogens with zero attached hydrogens (tertiary/aromatic N) is 1. The zero-order chi connectivity index (χ0) is 17.8. The van der Waals surface area contributed by atoms with Crippen molar-refractivity contribution in [3.63, 3.8) is 0 Å². The summed E-state index contributed by atoms with van der Waals surface area (Å²) in [6.45, 7) is 1.66. The largest absolute Gasteiger partial charge is 0.480 e. The molecule has 1 amide bonds. The van der Waals surface area contributed by atoms with Gasteiger partial charge in [-0.25, -0.2) is 0 Å². The third-order valence-corrected chi connectivity index (χ3v) is 4.14. The van der Waals surface area contributed by atoms with E-state index < -0.39 is 6.10 Å². The summed E-state index contributed by atoms with van der Waals surface area (Å²) >= 11 is 6.20. The number of carbonyl (C=O) groups is 1. The summed E-state index contributed by atoms with van der Waals surface area (Å²) in [6.07, 6.45) is -0.740. The van der Waals surface area contributed by atoms with Crippen LogP contribution in [0.15, 0.2) is 60.7 Å². The standard InChI is InChI=1S/C20H15ClN2O2/c1-13(20(24)23-18-9-5-2-6-14(18)12-22)25-19-11-10-17(21)15-7-3-4-8-16(15)19/h2-11,13H,1H3,(H,23,24)/t13-/m0/s1. The van der Waals surface area contributed by atoms with E-state index in [2.05, 4.69) is 5.32 Å². The highest BCUT2D eigenvalue weighted by Gasteiger charge is 2.17. The van der Waals surface area contributed by atoms with Gasteiger partial charge in [-0.1, -0.05) is 48.0 Å². The Hall–Kier alpha value is -3.03. The van der Waals surface area contributed by atoms with E-state index in [1.165, 1.54) is 0 Å². The van der Waals surface area contributed by atoms with Crippen molar-refractivity contribution in [1.82, 2.24) is 0 Å². The minimum atomic E-state index is -0.740. The lowest BCUT2D eigenvalue weighted by Crippen LogP contribution is -2.30. The predicted octanol–water partition coefficient (Wildman–Crippen LogP) is 4.77. The quantitative estimate of drug-likeness (QED) is 0.737.